The van der Waals surface area contributed by atoms with E-state index < -0.39 is 17.3 Å². The lowest BCUT2D eigenvalue weighted by atomic mass is 9.92. The Labute approximate surface area is 145 Å². The first kappa shape index (κ1) is 20.5. The molecule has 0 saturated carbocycles. The monoisotopic (exact) mass is 343 g/mol. The lowest BCUT2D eigenvalue weighted by Crippen LogP contribution is -2.52. The van der Waals surface area contributed by atoms with Gasteiger partial charge in [-0.2, -0.15) is 0 Å². The summed E-state index contributed by atoms with van der Waals surface area (Å²) in [7, 11) is 0. The number of rotatable bonds is 3. The third kappa shape index (κ3) is 7.86. The molecular weight excluding hydrogens is 310 g/mol. The number of hydrazine groups is 1. The number of hydrogen-bond acceptors (Lipinski definition) is 5. The molecule has 24 heavy (non-hydrogen) atoms. The van der Waals surface area contributed by atoms with Crippen molar-refractivity contribution in [2.45, 2.75) is 78.6 Å². The van der Waals surface area contributed by atoms with Crippen molar-refractivity contribution in [1.82, 2.24) is 15.8 Å². The molecule has 0 aliphatic carbocycles. The molecule has 1 heterocycles. The fourth-order valence-corrected chi connectivity index (χ4v) is 2.50. The van der Waals surface area contributed by atoms with Gasteiger partial charge in [0.25, 0.3) is 0 Å². The minimum atomic E-state index is -0.534. The zero-order valence-electron chi connectivity index (χ0n) is 16.1. The first-order valence-electron chi connectivity index (χ1n) is 8.60. The van der Waals surface area contributed by atoms with Gasteiger partial charge >= 0.3 is 12.2 Å². The summed E-state index contributed by atoms with van der Waals surface area (Å²) < 4.78 is 10.6. The molecule has 1 rings (SSSR count). The summed E-state index contributed by atoms with van der Waals surface area (Å²) in [6, 6.07) is 0.0164. The Morgan fingerprint density at radius 2 is 1.67 bits per heavy atom. The first-order chi connectivity index (χ1) is 10.9. The van der Waals surface area contributed by atoms with Crippen LogP contribution in [0.1, 0.15) is 61.3 Å². The van der Waals surface area contributed by atoms with Crippen molar-refractivity contribution < 1.29 is 19.1 Å². The number of carbonyl (C=O) groups excluding carboxylic acids is 2. The molecule has 2 N–H and O–H groups in total. The van der Waals surface area contributed by atoms with Crippen LogP contribution in [0, 0.1) is 5.92 Å². The number of carbonyl (C=O) groups is 2. The van der Waals surface area contributed by atoms with Crippen LogP contribution < -0.4 is 10.9 Å². The van der Waals surface area contributed by atoms with Gasteiger partial charge in [0.2, 0.25) is 0 Å². The Morgan fingerprint density at radius 1 is 1.08 bits per heavy atom. The highest BCUT2D eigenvalue weighted by Crippen LogP contribution is 2.21. The second-order valence-corrected chi connectivity index (χ2v) is 8.39. The maximum Gasteiger partial charge on any atom is 0.422 e. The van der Waals surface area contributed by atoms with E-state index in [0.717, 1.165) is 12.8 Å². The molecule has 0 aromatic carbocycles. The molecule has 1 saturated heterocycles. The SMILES string of the molecule is CC(NNC(=O)OC(C)(C)C)C1CCCN(C(=O)OC(C)(C)C)C1. The first-order valence-corrected chi connectivity index (χ1v) is 8.60. The van der Waals surface area contributed by atoms with Gasteiger partial charge in [-0.15, -0.1) is 0 Å². The predicted octanol–water partition coefficient (Wildman–Crippen LogP) is 3.05. The van der Waals surface area contributed by atoms with Gasteiger partial charge in [0.15, 0.2) is 0 Å². The molecule has 7 heteroatoms. The third-order valence-electron chi connectivity index (χ3n) is 3.62. The Kier molecular flexibility index (Phi) is 6.89. The lowest BCUT2D eigenvalue weighted by Gasteiger charge is -2.36. The van der Waals surface area contributed by atoms with Gasteiger partial charge in [-0.1, -0.05) is 0 Å². The Hall–Kier alpha value is -1.50. The molecular formula is C17H33N3O4. The van der Waals surface area contributed by atoms with Gasteiger partial charge in [-0.05, 0) is 67.2 Å². The van der Waals surface area contributed by atoms with E-state index in [0.29, 0.717) is 13.1 Å². The second-order valence-electron chi connectivity index (χ2n) is 8.39. The van der Waals surface area contributed by atoms with Gasteiger partial charge < -0.3 is 14.4 Å². The van der Waals surface area contributed by atoms with Gasteiger partial charge in [0.1, 0.15) is 11.2 Å². The number of likely N-dealkylation sites (tertiary alicyclic amines) is 1. The average molecular weight is 343 g/mol. The van der Waals surface area contributed by atoms with Crippen molar-refractivity contribution in [3.8, 4) is 0 Å². The summed E-state index contributed by atoms with van der Waals surface area (Å²) in [5, 5.41) is 0. The van der Waals surface area contributed by atoms with Crippen LogP contribution in [0.25, 0.3) is 0 Å². The van der Waals surface area contributed by atoms with Crippen LogP contribution in [0.3, 0.4) is 0 Å². The molecule has 0 aromatic heterocycles. The van der Waals surface area contributed by atoms with E-state index in [2.05, 4.69) is 10.9 Å². The highest BCUT2D eigenvalue weighted by Gasteiger charge is 2.30. The van der Waals surface area contributed by atoms with Crippen molar-refractivity contribution >= 4 is 12.2 Å². The van der Waals surface area contributed by atoms with E-state index in [9.17, 15) is 9.59 Å². The summed E-state index contributed by atoms with van der Waals surface area (Å²) in [4.78, 5) is 25.6. The molecule has 0 bridgehead atoms. The summed E-state index contributed by atoms with van der Waals surface area (Å²) in [5.74, 6) is 0.237. The number of hydrogen-bond donors (Lipinski definition) is 2. The number of ether oxygens (including phenoxy) is 2. The molecule has 1 aliphatic heterocycles. The van der Waals surface area contributed by atoms with Crippen LogP contribution in [-0.4, -0.2) is 47.4 Å². The van der Waals surface area contributed by atoms with Crippen molar-refractivity contribution in [3.05, 3.63) is 0 Å². The Bertz CT molecular complexity index is 440. The standard InChI is InChI=1S/C17H33N3O4/c1-12(18-19-14(21)23-16(2,3)4)13-9-8-10-20(11-13)15(22)24-17(5,6)7/h12-13,18H,8-11H2,1-7H3,(H,19,21). The van der Waals surface area contributed by atoms with Crippen molar-refractivity contribution in [1.29, 1.82) is 0 Å². The summed E-state index contributed by atoms with van der Waals surface area (Å²) in [6.45, 7) is 14.3. The van der Waals surface area contributed by atoms with Crippen LogP contribution in [0.2, 0.25) is 0 Å². The third-order valence-corrected chi connectivity index (χ3v) is 3.62. The van der Waals surface area contributed by atoms with Crippen LogP contribution in [0.15, 0.2) is 0 Å². The molecule has 140 valence electrons. The zero-order chi connectivity index (χ0) is 18.5. The van der Waals surface area contributed by atoms with Gasteiger partial charge in [-0.3, -0.25) is 5.43 Å². The van der Waals surface area contributed by atoms with Gasteiger partial charge in [-0.25, -0.2) is 15.0 Å². The van der Waals surface area contributed by atoms with E-state index in [1.807, 2.05) is 48.5 Å². The number of nitrogens with one attached hydrogen (secondary N) is 2. The smallest absolute Gasteiger partial charge is 0.422 e. The molecule has 2 amide bonds. The zero-order valence-corrected chi connectivity index (χ0v) is 16.1. The maximum absolute atomic E-state index is 12.2. The van der Waals surface area contributed by atoms with Crippen LogP contribution in [0.5, 0.6) is 0 Å². The highest BCUT2D eigenvalue weighted by atomic mass is 16.6. The minimum Gasteiger partial charge on any atom is -0.444 e. The van der Waals surface area contributed by atoms with Crippen molar-refractivity contribution in [3.63, 3.8) is 0 Å². The maximum atomic E-state index is 12.2. The minimum absolute atomic E-state index is 0.0164. The molecule has 1 fully saturated rings. The highest BCUT2D eigenvalue weighted by molar-refractivity contribution is 5.68. The van der Waals surface area contributed by atoms with Crippen LogP contribution in [-0.2, 0) is 9.47 Å². The van der Waals surface area contributed by atoms with E-state index in [4.69, 9.17) is 9.47 Å². The molecule has 0 spiro atoms. The largest absolute Gasteiger partial charge is 0.444 e. The average Bonchev–Trinajstić information content (AvgIpc) is 2.41. The molecule has 0 aromatic rings. The van der Waals surface area contributed by atoms with Gasteiger partial charge in [0.05, 0.1) is 0 Å². The van der Waals surface area contributed by atoms with Crippen molar-refractivity contribution in [2.75, 3.05) is 13.1 Å². The number of piperidine rings is 1. The summed E-state index contributed by atoms with van der Waals surface area (Å²) >= 11 is 0. The molecule has 1 aliphatic rings. The Balaban J connectivity index is 2.46. The van der Waals surface area contributed by atoms with Crippen LogP contribution >= 0.6 is 0 Å². The quantitative estimate of drug-likeness (QED) is 0.770. The normalized spacial score (nSPS) is 20.3. The van der Waals surface area contributed by atoms with E-state index in [1.165, 1.54) is 0 Å². The Morgan fingerprint density at radius 3 is 2.21 bits per heavy atom. The summed E-state index contributed by atoms with van der Waals surface area (Å²) in [5.41, 5.74) is 4.52. The molecule has 2 unspecified atom stereocenters. The van der Waals surface area contributed by atoms with E-state index in [-0.39, 0.29) is 18.1 Å². The fraction of sp³-hybridized carbons (Fsp3) is 0.882. The number of nitrogens with zero attached hydrogens (tertiary/aromatic N) is 1. The van der Waals surface area contributed by atoms with E-state index in [1.54, 1.807) is 4.90 Å². The van der Waals surface area contributed by atoms with Gasteiger partial charge in [0, 0.05) is 19.1 Å². The number of amides is 2. The van der Waals surface area contributed by atoms with E-state index >= 15 is 0 Å². The topological polar surface area (TPSA) is 79.9 Å². The lowest BCUT2D eigenvalue weighted by molar-refractivity contribution is 0.0137. The predicted molar refractivity (Wildman–Crippen MR) is 92.5 cm³/mol. The molecule has 2 atom stereocenters. The summed E-state index contributed by atoms with van der Waals surface area (Å²) in [6.07, 6.45) is 1.12. The van der Waals surface area contributed by atoms with Crippen molar-refractivity contribution in [2.24, 2.45) is 5.92 Å². The molecule has 7 nitrogen and oxygen atoms in total. The second kappa shape index (κ2) is 8.05. The fourth-order valence-electron chi connectivity index (χ4n) is 2.50. The van der Waals surface area contributed by atoms with Crippen LogP contribution in [0.4, 0.5) is 9.59 Å². The molecule has 0 radical (unpaired) electrons.